The maximum absolute atomic E-state index is 12.4. The van der Waals surface area contributed by atoms with Crippen LogP contribution in [0.1, 0.15) is 36.8 Å². The molecule has 1 aliphatic heterocycles. The molecule has 2 amide bonds. The molecule has 1 N–H and O–H groups in total. The van der Waals surface area contributed by atoms with Gasteiger partial charge in [-0.05, 0) is 43.5 Å². The number of piperidine rings is 1. The van der Waals surface area contributed by atoms with Crippen LogP contribution in [0.4, 0.5) is 4.79 Å². The summed E-state index contributed by atoms with van der Waals surface area (Å²) >= 11 is 0. The third-order valence-electron chi connectivity index (χ3n) is 3.79. The number of pyridine rings is 1. The third kappa shape index (κ3) is 3.24. The second-order valence-electron chi connectivity index (χ2n) is 5.20. The summed E-state index contributed by atoms with van der Waals surface area (Å²) in [5, 5.41) is 2.92. The van der Waals surface area contributed by atoms with E-state index in [0.717, 1.165) is 37.3 Å². The van der Waals surface area contributed by atoms with Gasteiger partial charge in [0.05, 0.1) is 24.5 Å². The standard InChI is InChI=1S/C16H19N3O2/c20-16(18-12-13-6-5-11-21-13)19-10-4-2-8-15(19)14-7-1-3-9-17-14/h1,3,5-7,9,11,15H,2,4,8,10,12H2,(H,18,20)/t15-/m0/s1. The van der Waals surface area contributed by atoms with Crippen molar-refractivity contribution >= 4 is 6.03 Å². The lowest BCUT2D eigenvalue weighted by Gasteiger charge is -2.35. The lowest BCUT2D eigenvalue weighted by atomic mass is 9.99. The Balaban J connectivity index is 1.67. The molecule has 3 heterocycles. The maximum atomic E-state index is 12.4. The van der Waals surface area contributed by atoms with Crippen molar-refractivity contribution in [3.05, 3.63) is 54.2 Å². The first kappa shape index (κ1) is 13.7. The first-order chi connectivity index (χ1) is 10.3. The fourth-order valence-corrected chi connectivity index (χ4v) is 2.73. The zero-order valence-corrected chi connectivity index (χ0v) is 11.9. The van der Waals surface area contributed by atoms with Crippen molar-refractivity contribution in [2.75, 3.05) is 6.54 Å². The van der Waals surface area contributed by atoms with E-state index in [1.54, 1.807) is 12.5 Å². The van der Waals surface area contributed by atoms with E-state index >= 15 is 0 Å². The van der Waals surface area contributed by atoms with E-state index in [4.69, 9.17) is 4.42 Å². The quantitative estimate of drug-likeness (QED) is 0.942. The number of nitrogens with one attached hydrogen (secondary N) is 1. The maximum Gasteiger partial charge on any atom is 0.318 e. The Morgan fingerprint density at radius 1 is 1.33 bits per heavy atom. The number of hydrogen-bond acceptors (Lipinski definition) is 3. The van der Waals surface area contributed by atoms with E-state index in [1.807, 2.05) is 35.2 Å². The van der Waals surface area contributed by atoms with E-state index < -0.39 is 0 Å². The van der Waals surface area contributed by atoms with Crippen molar-refractivity contribution in [3.8, 4) is 0 Å². The molecule has 0 bridgehead atoms. The molecule has 1 saturated heterocycles. The van der Waals surface area contributed by atoms with Gasteiger partial charge < -0.3 is 14.6 Å². The summed E-state index contributed by atoms with van der Waals surface area (Å²) in [5.74, 6) is 0.759. The highest BCUT2D eigenvalue weighted by Crippen LogP contribution is 2.29. The summed E-state index contributed by atoms with van der Waals surface area (Å²) in [4.78, 5) is 18.7. The number of furan rings is 1. The van der Waals surface area contributed by atoms with Gasteiger partial charge in [-0.1, -0.05) is 6.07 Å². The van der Waals surface area contributed by atoms with Gasteiger partial charge in [-0.15, -0.1) is 0 Å². The van der Waals surface area contributed by atoms with Crippen LogP contribution in [0.15, 0.2) is 47.2 Å². The van der Waals surface area contributed by atoms with E-state index in [2.05, 4.69) is 10.3 Å². The second kappa shape index (κ2) is 6.43. The van der Waals surface area contributed by atoms with Gasteiger partial charge in [-0.25, -0.2) is 4.79 Å². The van der Waals surface area contributed by atoms with Crippen LogP contribution in [-0.4, -0.2) is 22.5 Å². The Bertz CT molecular complexity index is 568. The fourth-order valence-electron chi connectivity index (χ4n) is 2.73. The first-order valence-electron chi connectivity index (χ1n) is 7.32. The summed E-state index contributed by atoms with van der Waals surface area (Å²) in [5.41, 5.74) is 0.963. The molecule has 110 valence electrons. The predicted octanol–water partition coefficient (Wildman–Crippen LogP) is 3.11. The van der Waals surface area contributed by atoms with Crippen LogP contribution >= 0.6 is 0 Å². The fraction of sp³-hybridized carbons (Fsp3) is 0.375. The molecule has 1 aliphatic rings. The van der Waals surface area contributed by atoms with Gasteiger partial charge in [-0.3, -0.25) is 4.98 Å². The molecule has 1 atom stereocenters. The molecular formula is C16H19N3O2. The molecule has 2 aromatic rings. The highest BCUT2D eigenvalue weighted by molar-refractivity contribution is 5.74. The van der Waals surface area contributed by atoms with Gasteiger partial charge in [0, 0.05) is 12.7 Å². The second-order valence-corrected chi connectivity index (χ2v) is 5.20. The van der Waals surface area contributed by atoms with Crippen molar-refractivity contribution < 1.29 is 9.21 Å². The lowest BCUT2D eigenvalue weighted by Crippen LogP contribution is -2.44. The Morgan fingerprint density at radius 3 is 3.05 bits per heavy atom. The SMILES string of the molecule is O=C(NCc1ccco1)N1CCCC[C@H]1c1ccccn1. The summed E-state index contributed by atoms with van der Waals surface area (Å²) in [7, 11) is 0. The molecule has 0 aromatic carbocycles. The number of rotatable bonds is 3. The Hall–Kier alpha value is -2.30. The molecule has 0 aliphatic carbocycles. The van der Waals surface area contributed by atoms with Crippen molar-refractivity contribution in [1.29, 1.82) is 0 Å². The minimum atomic E-state index is -0.0539. The molecule has 5 heteroatoms. The van der Waals surface area contributed by atoms with Gasteiger partial charge in [-0.2, -0.15) is 0 Å². The van der Waals surface area contributed by atoms with Crippen molar-refractivity contribution in [2.45, 2.75) is 31.8 Å². The normalized spacial score (nSPS) is 18.5. The summed E-state index contributed by atoms with van der Waals surface area (Å²) in [6, 6.07) is 9.54. The minimum absolute atomic E-state index is 0.0539. The van der Waals surface area contributed by atoms with Crippen LogP contribution in [0.2, 0.25) is 0 Å². The Labute approximate surface area is 124 Å². The molecule has 5 nitrogen and oxygen atoms in total. The van der Waals surface area contributed by atoms with Crippen molar-refractivity contribution in [3.63, 3.8) is 0 Å². The molecule has 3 rings (SSSR count). The number of nitrogens with zero attached hydrogens (tertiary/aromatic N) is 2. The molecular weight excluding hydrogens is 266 g/mol. The van der Waals surface area contributed by atoms with Crippen LogP contribution in [0.25, 0.3) is 0 Å². The van der Waals surface area contributed by atoms with Gasteiger partial charge in [0.1, 0.15) is 5.76 Å². The Kier molecular flexibility index (Phi) is 4.19. The van der Waals surface area contributed by atoms with Crippen LogP contribution in [0.3, 0.4) is 0 Å². The van der Waals surface area contributed by atoms with Crippen LogP contribution < -0.4 is 5.32 Å². The zero-order valence-electron chi connectivity index (χ0n) is 11.9. The zero-order chi connectivity index (χ0) is 14.5. The smallest absolute Gasteiger partial charge is 0.318 e. The molecule has 1 fully saturated rings. The van der Waals surface area contributed by atoms with E-state index in [1.165, 1.54) is 0 Å². The van der Waals surface area contributed by atoms with Gasteiger partial charge in [0.25, 0.3) is 0 Å². The lowest BCUT2D eigenvalue weighted by molar-refractivity contribution is 0.148. The average Bonchev–Trinajstić information content (AvgIpc) is 3.07. The molecule has 0 saturated carbocycles. The summed E-state index contributed by atoms with van der Waals surface area (Å²) in [6.45, 7) is 1.18. The predicted molar refractivity (Wildman–Crippen MR) is 78.5 cm³/mol. The number of amides is 2. The topological polar surface area (TPSA) is 58.4 Å². The van der Waals surface area contributed by atoms with E-state index in [0.29, 0.717) is 6.54 Å². The highest BCUT2D eigenvalue weighted by atomic mass is 16.3. The first-order valence-corrected chi connectivity index (χ1v) is 7.32. The summed E-state index contributed by atoms with van der Waals surface area (Å²) < 4.78 is 5.24. The number of hydrogen-bond donors (Lipinski definition) is 1. The minimum Gasteiger partial charge on any atom is -0.467 e. The molecule has 0 radical (unpaired) electrons. The van der Waals surface area contributed by atoms with Gasteiger partial charge in [0.2, 0.25) is 0 Å². The average molecular weight is 285 g/mol. The Morgan fingerprint density at radius 2 is 2.29 bits per heavy atom. The van der Waals surface area contributed by atoms with Crippen LogP contribution in [0.5, 0.6) is 0 Å². The van der Waals surface area contributed by atoms with Crippen molar-refractivity contribution in [1.82, 2.24) is 15.2 Å². The highest BCUT2D eigenvalue weighted by Gasteiger charge is 2.28. The van der Waals surface area contributed by atoms with Gasteiger partial charge in [0.15, 0.2) is 0 Å². The number of urea groups is 1. The molecule has 2 aromatic heterocycles. The number of aromatic nitrogens is 1. The monoisotopic (exact) mass is 285 g/mol. The van der Waals surface area contributed by atoms with Crippen molar-refractivity contribution in [2.24, 2.45) is 0 Å². The van der Waals surface area contributed by atoms with Crippen LogP contribution in [-0.2, 0) is 6.54 Å². The number of carbonyl (C=O) groups is 1. The number of likely N-dealkylation sites (tertiary alicyclic amines) is 1. The number of carbonyl (C=O) groups excluding carboxylic acids is 1. The van der Waals surface area contributed by atoms with Crippen LogP contribution in [0, 0.1) is 0 Å². The largest absolute Gasteiger partial charge is 0.467 e. The van der Waals surface area contributed by atoms with E-state index in [9.17, 15) is 4.79 Å². The van der Waals surface area contributed by atoms with Gasteiger partial charge >= 0.3 is 6.03 Å². The molecule has 0 spiro atoms. The van der Waals surface area contributed by atoms with E-state index in [-0.39, 0.29) is 12.1 Å². The molecule has 0 unspecified atom stereocenters. The third-order valence-corrected chi connectivity index (χ3v) is 3.79. The molecule has 21 heavy (non-hydrogen) atoms. The summed E-state index contributed by atoms with van der Waals surface area (Å²) in [6.07, 6.45) is 6.52.